The predicted molar refractivity (Wildman–Crippen MR) is 106 cm³/mol. The van der Waals surface area contributed by atoms with Crippen molar-refractivity contribution >= 4 is 11.8 Å². The molecule has 0 radical (unpaired) electrons. The van der Waals surface area contributed by atoms with Crippen molar-refractivity contribution in [2.75, 3.05) is 6.61 Å². The maximum Gasteiger partial charge on any atom is 0.261 e. The highest BCUT2D eigenvalue weighted by atomic mass is 19.1. The van der Waals surface area contributed by atoms with E-state index in [0.717, 1.165) is 5.56 Å². The minimum absolute atomic E-state index is 0.0371. The van der Waals surface area contributed by atoms with Gasteiger partial charge in [0.25, 0.3) is 5.91 Å². The number of nitrogens with one attached hydrogen (secondary N) is 1. The molecule has 6 heteroatoms. The second-order valence-corrected chi connectivity index (χ2v) is 6.84. The molecule has 150 valence electrons. The van der Waals surface area contributed by atoms with E-state index >= 15 is 0 Å². The van der Waals surface area contributed by atoms with E-state index in [2.05, 4.69) is 5.32 Å². The predicted octanol–water partition coefficient (Wildman–Crippen LogP) is 3.54. The molecule has 0 spiro atoms. The molecule has 0 aliphatic heterocycles. The summed E-state index contributed by atoms with van der Waals surface area (Å²) in [6.07, 6.45) is 0.455. The van der Waals surface area contributed by atoms with Gasteiger partial charge in [-0.15, -0.1) is 0 Å². The Balaban J connectivity index is 2.18. The van der Waals surface area contributed by atoms with Crippen LogP contribution in [0.5, 0.6) is 5.75 Å². The largest absolute Gasteiger partial charge is 0.484 e. The molecule has 0 saturated carbocycles. The first-order valence-corrected chi connectivity index (χ1v) is 9.42. The minimum Gasteiger partial charge on any atom is -0.484 e. The van der Waals surface area contributed by atoms with Gasteiger partial charge in [0.05, 0.1) is 0 Å². The van der Waals surface area contributed by atoms with Gasteiger partial charge in [-0.3, -0.25) is 9.59 Å². The summed E-state index contributed by atoms with van der Waals surface area (Å²) in [4.78, 5) is 27.1. The van der Waals surface area contributed by atoms with Crippen LogP contribution >= 0.6 is 0 Å². The van der Waals surface area contributed by atoms with E-state index in [4.69, 9.17) is 4.74 Å². The Labute approximate surface area is 165 Å². The molecule has 0 saturated heterocycles. The molecule has 0 bridgehead atoms. The van der Waals surface area contributed by atoms with E-state index in [-0.39, 0.29) is 36.8 Å². The van der Waals surface area contributed by atoms with Crippen LogP contribution in [0.4, 0.5) is 4.39 Å². The Bertz CT molecular complexity index is 763. The van der Waals surface area contributed by atoms with Gasteiger partial charge in [-0.1, -0.05) is 37.3 Å². The SMILES string of the molecule is CCC(C(=O)NC(C)C)N(Cc1ccc(F)cc1)C(=O)COc1ccccc1. The highest BCUT2D eigenvalue weighted by molar-refractivity contribution is 5.88. The number of nitrogens with zero attached hydrogens (tertiary/aromatic N) is 1. The molecule has 2 amide bonds. The number of hydrogen-bond acceptors (Lipinski definition) is 3. The third-order valence-electron chi connectivity index (χ3n) is 4.19. The van der Waals surface area contributed by atoms with Crippen LogP contribution in [0.1, 0.15) is 32.8 Å². The zero-order valence-corrected chi connectivity index (χ0v) is 16.5. The average molecular weight is 386 g/mol. The van der Waals surface area contributed by atoms with Crippen molar-refractivity contribution in [2.24, 2.45) is 0 Å². The number of hydrogen-bond donors (Lipinski definition) is 1. The van der Waals surface area contributed by atoms with Gasteiger partial charge in [0.1, 0.15) is 17.6 Å². The molecular formula is C22H27FN2O3. The van der Waals surface area contributed by atoms with Crippen LogP contribution in [0, 0.1) is 5.82 Å². The fourth-order valence-electron chi connectivity index (χ4n) is 2.83. The molecule has 0 aliphatic carbocycles. The van der Waals surface area contributed by atoms with Crippen molar-refractivity contribution in [3.8, 4) is 5.75 Å². The van der Waals surface area contributed by atoms with Gasteiger partial charge in [0, 0.05) is 12.6 Å². The van der Waals surface area contributed by atoms with E-state index in [1.807, 2.05) is 39.0 Å². The summed E-state index contributed by atoms with van der Waals surface area (Å²) >= 11 is 0. The van der Waals surface area contributed by atoms with E-state index in [0.29, 0.717) is 12.2 Å². The Kier molecular flexibility index (Phi) is 7.99. The minimum atomic E-state index is -0.640. The normalized spacial score (nSPS) is 11.8. The Morgan fingerprint density at radius 2 is 1.71 bits per heavy atom. The van der Waals surface area contributed by atoms with E-state index in [1.165, 1.54) is 17.0 Å². The van der Waals surface area contributed by atoms with Crippen LogP contribution in [-0.2, 0) is 16.1 Å². The Morgan fingerprint density at radius 1 is 1.07 bits per heavy atom. The first-order valence-electron chi connectivity index (χ1n) is 9.42. The van der Waals surface area contributed by atoms with E-state index in [9.17, 15) is 14.0 Å². The van der Waals surface area contributed by atoms with Gasteiger partial charge < -0.3 is 15.0 Å². The molecule has 28 heavy (non-hydrogen) atoms. The van der Waals surface area contributed by atoms with Crippen molar-refractivity contribution in [1.29, 1.82) is 0 Å². The number of carbonyl (C=O) groups excluding carboxylic acids is 2. The maximum atomic E-state index is 13.2. The zero-order valence-electron chi connectivity index (χ0n) is 16.5. The second kappa shape index (κ2) is 10.4. The monoisotopic (exact) mass is 386 g/mol. The number of ether oxygens (including phenoxy) is 1. The highest BCUT2D eigenvalue weighted by Gasteiger charge is 2.29. The first-order chi connectivity index (χ1) is 13.4. The van der Waals surface area contributed by atoms with Crippen LogP contribution in [0.3, 0.4) is 0 Å². The van der Waals surface area contributed by atoms with Gasteiger partial charge in [0.15, 0.2) is 6.61 Å². The lowest BCUT2D eigenvalue weighted by Crippen LogP contribution is -2.51. The summed E-state index contributed by atoms with van der Waals surface area (Å²) in [6.45, 7) is 5.61. The van der Waals surface area contributed by atoms with Crippen molar-refractivity contribution in [3.05, 3.63) is 66.0 Å². The smallest absolute Gasteiger partial charge is 0.261 e. The summed E-state index contributed by atoms with van der Waals surface area (Å²) < 4.78 is 18.8. The quantitative estimate of drug-likeness (QED) is 0.717. The van der Waals surface area contributed by atoms with Crippen molar-refractivity contribution in [1.82, 2.24) is 10.2 Å². The summed E-state index contributed by atoms with van der Waals surface area (Å²) in [6, 6.07) is 14.3. The molecule has 2 aromatic rings. The lowest BCUT2D eigenvalue weighted by Gasteiger charge is -2.31. The molecule has 1 unspecified atom stereocenters. The number of halogens is 1. The van der Waals surface area contributed by atoms with Crippen LogP contribution in [0.25, 0.3) is 0 Å². The standard InChI is InChI=1S/C22H27FN2O3/c1-4-20(22(27)24-16(2)3)25(14-17-10-12-18(23)13-11-17)21(26)15-28-19-8-6-5-7-9-19/h5-13,16,20H,4,14-15H2,1-3H3,(H,24,27). The first kappa shape index (κ1) is 21.4. The topological polar surface area (TPSA) is 58.6 Å². The molecule has 5 nitrogen and oxygen atoms in total. The molecule has 0 aromatic heterocycles. The molecule has 0 fully saturated rings. The van der Waals surface area contributed by atoms with Crippen LogP contribution in [-0.4, -0.2) is 35.4 Å². The lowest BCUT2D eigenvalue weighted by molar-refractivity contribution is -0.143. The van der Waals surface area contributed by atoms with Gasteiger partial charge >= 0.3 is 0 Å². The van der Waals surface area contributed by atoms with Crippen LogP contribution < -0.4 is 10.1 Å². The Morgan fingerprint density at radius 3 is 2.29 bits per heavy atom. The number of carbonyl (C=O) groups is 2. The molecule has 0 aliphatic rings. The summed E-state index contributed by atoms with van der Waals surface area (Å²) in [5.74, 6) is -0.289. The number of benzene rings is 2. The second-order valence-electron chi connectivity index (χ2n) is 6.84. The third-order valence-corrected chi connectivity index (χ3v) is 4.19. The summed E-state index contributed by atoms with van der Waals surface area (Å²) in [5, 5.41) is 2.86. The molecule has 2 aromatic carbocycles. The summed E-state index contributed by atoms with van der Waals surface area (Å²) in [5.41, 5.74) is 0.741. The Hall–Kier alpha value is -2.89. The molecular weight excluding hydrogens is 359 g/mol. The fourth-order valence-corrected chi connectivity index (χ4v) is 2.83. The number of para-hydroxylation sites is 1. The number of rotatable bonds is 9. The third kappa shape index (κ3) is 6.37. The van der Waals surface area contributed by atoms with E-state index in [1.54, 1.807) is 24.3 Å². The van der Waals surface area contributed by atoms with Crippen molar-refractivity contribution < 1.29 is 18.7 Å². The van der Waals surface area contributed by atoms with Gasteiger partial charge in [-0.25, -0.2) is 4.39 Å². The zero-order chi connectivity index (χ0) is 20.5. The van der Waals surface area contributed by atoms with Gasteiger partial charge in [-0.05, 0) is 50.1 Å². The molecule has 1 atom stereocenters. The van der Waals surface area contributed by atoms with Crippen molar-refractivity contribution in [2.45, 2.75) is 45.8 Å². The molecule has 2 rings (SSSR count). The molecule has 0 heterocycles. The van der Waals surface area contributed by atoms with Crippen LogP contribution in [0.15, 0.2) is 54.6 Å². The number of amides is 2. The van der Waals surface area contributed by atoms with Crippen LogP contribution in [0.2, 0.25) is 0 Å². The average Bonchev–Trinajstić information content (AvgIpc) is 2.67. The van der Waals surface area contributed by atoms with E-state index < -0.39 is 6.04 Å². The molecule has 1 N–H and O–H groups in total. The van der Waals surface area contributed by atoms with Gasteiger partial charge in [-0.2, -0.15) is 0 Å². The summed E-state index contributed by atoms with van der Waals surface area (Å²) in [7, 11) is 0. The van der Waals surface area contributed by atoms with Gasteiger partial charge in [0.2, 0.25) is 5.91 Å². The van der Waals surface area contributed by atoms with Crippen molar-refractivity contribution in [3.63, 3.8) is 0 Å². The fraction of sp³-hybridized carbons (Fsp3) is 0.364. The lowest BCUT2D eigenvalue weighted by atomic mass is 10.1. The maximum absolute atomic E-state index is 13.2. The highest BCUT2D eigenvalue weighted by Crippen LogP contribution is 2.15.